The summed E-state index contributed by atoms with van der Waals surface area (Å²) in [4.78, 5) is 28.5. The van der Waals surface area contributed by atoms with Crippen LogP contribution >= 0.6 is 0 Å². The van der Waals surface area contributed by atoms with Crippen molar-refractivity contribution in [2.24, 2.45) is 5.41 Å². The third-order valence-electron chi connectivity index (χ3n) is 5.38. The van der Waals surface area contributed by atoms with E-state index in [0.717, 1.165) is 53.4 Å². The lowest BCUT2D eigenvalue weighted by Crippen LogP contribution is -2.32. The molecule has 0 saturated carbocycles. The number of pyridine rings is 1. The van der Waals surface area contributed by atoms with Gasteiger partial charge in [0.15, 0.2) is 5.82 Å². The van der Waals surface area contributed by atoms with Gasteiger partial charge in [0.1, 0.15) is 5.82 Å². The standard InChI is InChI=1S/C24H28N6O/c1-24(2,3)23(31)29-22-17(5-4-11-26-22)14-30-12-10-20-18(15-30)13-27-21(28-20)16-6-8-19(25)9-7-16/h4-9,11,13H,10,12,14-15,25H2,1-3H3,(H,26,29,31). The molecule has 0 atom stereocenters. The van der Waals surface area contributed by atoms with E-state index in [4.69, 9.17) is 10.7 Å². The number of aromatic nitrogens is 3. The topological polar surface area (TPSA) is 97.0 Å². The lowest BCUT2D eigenvalue weighted by molar-refractivity contribution is -0.123. The summed E-state index contributed by atoms with van der Waals surface area (Å²) in [6.07, 6.45) is 4.48. The van der Waals surface area contributed by atoms with E-state index < -0.39 is 5.41 Å². The maximum Gasteiger partial charge on any atom is 0.230 e. The fraction of sp³-hybridized carbons (Fsp3) is 0.333. The van der Waals surface area contributed by atoms with Gasteiger partial charge in [-0.3, -0.25) is 9.69 Å². The van der Waals surface area contributed by atoms with E-state index in [-0.39, 0.29) is 5.91 Å². The van der Waals surface area contributed by atoms with E-state index in [9.17, 15) is 4.79 Å². The lowest BCUT2D eigenvalue weighted by Gasteiger charge is -2.28. The van der Waals surface area contributed by atoms with Crippen molar-refractivity contribution in [3.63, 3.8) is 0 Å². The number of hydrogen-bond donors (Lipinski definition) is 2. The molecule has 1 aromatic carbocycles. The molecule has 3 aromatic rings. The third-order valence-corrected chi connectivity index (χ3v) is 5.38. The Morgan fingerprint density at radius 1 is 1.16 bits per heavy atom. The highest BCUT2D eigenvalue weighted by Crippen LogP contribution is 2.25. The number of fused-ring (bicyclic) bond motifs is 1. The normalized spacial score (nSPS) is 14.2. The second-order valence-electron chi connectivity index (χ2n) is 8.96. The highest BCUT2D eigenvalue weighted by atomic mass is 16.2. The summed E-state index contributed by atoms with van der Waals surface area (Å²) in [6.45, 7) is 8.03. The van der Waals surface area contributed by atoms with Gasteiger partial charge in [0, 0.05) is 66.2 Å². The van der Waals surface area contributed by atoms with Crippen molar-refractivity contribution in [1.82, 2.24) is 19.9 Å². The van der Waals surface area contributed by atoms with Crippen molar-refractivity contribution in [3.05, 3.63) is 65.6 Å². The van der Waals surface area contributed by atoms with Crippen molar-refractivity contribution in [1.29, 1.82) is 0 Å². The van der Waals surface area contributed by atoms with E-state index in [2.05, 4.69) is 20.2 Å². The largest absolute Gasteiger partial charge is 0.399 e. The smallest absolute Gasteiger partial charge is 0.230 e. The molecule has 3 N–H and O–H groups in total. The summed E-state index contributed by atoms with van der Waals surface area (Å²) in [5.41, 5.74) is 10.2. The fourth-order valence-electron chi connectivity index (χ4n) is 3.50. The number of nitrogens with two attached hydrogens (primary N) is 1. The van der Waals surface area contributed by atoms with Gasteiger partial charge in [-0.25, -0.2) is 15.0 Å². The minimum atomic E-state index is -0.474. The maximum absolute atomic E-state index is 12.4. The summed E-state index contributed by atoms with van der Waals surface area (Å²) in [5.74, 6) is 1.31. The van der Waals surface area contributed by atoms with Crippen molar-refractivity contribution < 1.29 is 4.79 Å². The van der Waals surface area contributed by atoms with Crippen LogP contribution in [0.2, 0.25) is 0 Å². The molecule has 2 aromatic heterocycles. The molecule has 7 heteroatoms. The van der Waals surface area contributed by atoms with Gasteiger partial charge < -0.3 is 11.1 Å². The Labute approximate surface area is 182 Å². The van der Waals surface area contributed by atoms with Crippen LogP contribution in [0.4, 0.5) is 11.5 Å². The molecule has 1 aliphatic heterocycles. The first-order valence-corrected chi connectivity index (χ1v) is 10.5. The van der Waals surface area contributed by atoms with Gasteiger partial charge in [-0.15, -0.1) is 0 Å². The predicted octanol–water partition coefficient (Wildman–Crippen LogP) is 3.66. The average molecular weight is 417 g/mol. The Kier molecular flexibility index (Phi) is 5.69. The van der Waals surface area contributed by atoms with Gasteiger partial charge in [-0.1, -0.05) is 26.8 Å². The molecule has 0 saturated heterocycles. The number of rotatable bonds is 4. The number of amides is 1. The molecule has 0 unspecified atom stereocenters. The van der Waals surface area contributed by atoms with Crippen LogP contribution in [0, 0.1) is 5.41 Å². The SMILES string of the molecule is CC(C)(C)C(=O)Nc1ncccc1CN1CCc2nc(-c3ccc(N)cc3)ncc2C1. The number of benzene rings is 1. The molecule has 0 bridgehead atoms. The first kappa shape index (κ1) is 20.9. The summed E-state index contributed by atoms with van der Waals surface area (Å²) >= 11 is 0. The zero-order valence-corrected chi connectivity index (χ0v) is 18.2. The molecular formula is C24H28N6O. The van der Waals surface area contributed by atoms with Crippen LogP contribution in [0.5, 0.6) is 0 Å². The molecular weight excluding hydrogens is 388 g/mol. The van der Waals surface area contributed by atoms with Crippen LogP contribution in [0.25, 0.3) is 11.4 Å². The number of nitrogens with one attached hydrogen (secondary N) is 1. The zero-order chi connectivity index (χ0) is 22.0. The lowest BCUT2D eigenvalue weighted by atomic mass is 9.95. The highest BCUT2D eigenvalue weighted by Gasteiger charge is 2.24. The van der Waals surface area contributed by atoms with Gasteiger partial charge in [-0.2, -0.15) is 0 Å². The first-order chi connectivity index (χ1) is 14.8. The van der Waals surface area contributed by atoms with Crippen LogP contribution in [-0.4, -0.2) is 32.3 Å². The number of hydrogen-bond acceptors (Lipinski definition) is 6. The molecule has 3 heterocycles. The Morgan fingerprint density at radius 3 is 2.68 bits per heavy atom. The monoisotopic (exact) mass is 416 g/mol. The van der Waals surface area contributed by atoms with Crippen LogP contribution in [0.15, 0.2) is 48.8 Å². The van der Waals surface area contributed by atoms with Gasteiger partial charge in [0.25, 0.3) is 0 Å². The summed E-state index contributed by atoms with van der Waals surface area (Å²) < 4.78 is 0. The van der Waals surface area contributed by atoms with Crippen LogP contribution in [-0.2, 0) is 24.3 Å². The molecule has 1 amide bonds. The molecule has 4 rings (SSSR count). The van der Waals surface area contributed by atoms with E-state index in [1.165, 1.54) is 0 Å². The van der Waals surface area contributed by atoms with Gasteiger partial charge in [-0.05, 0) is 30.3 Å². The molecule has 1 aliphatic rings. The summed E-state index contributed by atoms with van der Waals surface area (Å²) in [6, 6.07) is 11.5. The van der Waals surface area contributed by atoms with Crippen LogP contribution < -0.4 is 11.1 Å². The molecule has 0 aliphatic carbocycles. The van der Waals surface area contributed by atoms with E-state index >= 15 is 0 Å². The van der Waals surface area contributed by atoms with Gasteiger partial charge in [0.2, 0.25) is 5.91 Å². The quantitative estimate of drug-likeness (QED) is 0.630. The molecule has 0 spiro atoms. The van der Waals surface area contributed by atoms with Crippen molar-refractivity contribution >= 4 is 17.4 Å². The molecule has 0 radical (unpaired) electrons. The Balaban J connectivity index is 1.48. The Morgan fingerprint density at radius 2 is 1.94 bits per heavy atom. The number of carbonyl (C=O) groups is 1. The van der Waals surface area contributed by atoms with Crippen LogP contribution in [0.3, 0.4) is 0 Å². The minimum absolute atomic E-state index is 0.0416. The number of nitrogen functional groups attached to an aromatic ring is 1. The van der Waals surface area contributed by atoms with E-state index in [1.807, 2.05) is 63.4 Å². The minimum Gasteiger partial charge on any atom is -0.399 e. The van der Waals surface area contributed by atoms with Gasteiger partial charge in [0.05, 0.1) is 5.69 Å². The molecule has 31 heavy (non-hydrogen) atoms. The number of anilines is 2. The second kappa shape index (κ2) is 8.43. The summed E-state index contributed by atoms with van der Waals surface area (Å²) in [7, 11) is 0. The third kappa shape index (κ3) is 4.88. The average Bonchev–Trinajstić information content (AvgIpc) is 2.74. The van der Waals surface area contributed by atoms with Crippen LogP contribution in [0.1, 0.15) is 37.6 Å². The van der Waals surface area contributed by atoms with Gasteiger partial charge >= 0.3 is 0 Å². The Bertz CT molecular complexity index is 1090. The highest BCUT2D eigenvalue weighted by molar-refractivity contribution is 5.94. The maximum atomic E-state index is 12.4. The molecule has 7 nitrogen and oxygen atoms in total. The van der Waals surface area contributed by atoms with E-state index in [0.29, 0.717) is 12.4 Å². The first-order valence-electron chi connectivity index (χ1n) is 10.5. The Hall–Kier alpha value is -3.32. The van der Waals surface area contributed by atoms with E-state index in [1.54, 1.807) is 6.20 Å². The fourth-order valence-corrected chi connectivity index (χ4v) is 3.50. The number of carbonyl (C=O) groups excluding carboxylic acids is 1. The second-order valence-corrected chi connectivity index (χ2v) is 8.96. The predicted molar refractivity (Wildman–Crippen MR) is 122 cm³/mol. The van der Waals surface area contributed by atoms with Crippen molar-refractivity contribution in [2.45, 2.75) is 40.3 Å². The summed E-state index contributed by atoms with van der Waals surface area (Å²) in [5, 5.41) is 2.98. The zero-order valence-electron chi connectivity index (χ0n) is 18.2. The molecule has 160 valence electrons. The molecule has 0 fully saturated rings. The van der Waals surface area contributed by atoms with Crippen molar-refractivity contribution in [2.75, 3.05) is 17.6 Å². The van der Waals surface area contributed by atoms with Crippen molar-refractivity contribution in [3.8, 4) is 11.4 Å². The number of nitrogens with zero attached hydrogens (tertiary/aromatic N) is 4.